The number of amides is 2. The first-order chi connectivity index (χ1) is 16.5. The normalized spacial score (nSPS) is 10.6. The summed E-state index contributed by atoms with van der Waals surface area (Å²) in [6.07, 6.45) is 0. The van der Waals surface area contributed by atoms with Gasteiger partial charge in [-0.1, -0.05) is 35.5 Å². The number of benzene rings is 2. The van der Waals surface area contributed by atoms with E-state index in [9.17, 15) is 9.59 Å². The van der Waals surface area contributed by atoms with Gasteiger partial charge in [0.1, 0.15) is 11.6 Å². The zero-order valence-electron chi connectivity index (χ0n) is 17.9. The number of carbonyl (C=O) groups excluding carboxylic acids is 2. The minimum atomic E-state index is -0.242. The van der Waals surface area contributed by atoms with Gasteiger partial charge in [-0.2, -0.15) is 0 Å². The summed E-state index contributed by atoms with van der Waals surface area (Å²) in [4.78, 5) is 33.2. The van der Waals surface area contributed by atoms with Crippen LogP contribution in [0.3, 0.4) is 0 Å². The van der Waals surface area contributed by atoms with Crippen molar-refractivity contribution in [2.45, 2.75) is 11.7 Å². The Kier molecular flexibility index (Phi) is 7.78. The van der Waals surface area contributed by atoms with Crippen molar-refractivity contribution in [2.75, 3.05) is 18.2 Å². The highest BCUT2D eigenvalue weighted by Crippen LogP contribution is 2.26. The van der Waals surface area contributed by atoms with E-state index in [2.05, 4.69) is 30.8 Å². The van der Waals surface area contributed by atoms with Crippen LogP contribution in [0.5, 0.6) is 5.75 Å². The number of halogens is 1. The topological polar surface area (TPSA) is 122 Å². The first-order valence-corrected chi connectivity index (χ1v) is 12.2. The average Bonchev–Trinajstić information content (AvgIpc) is 3.51. The number of methoxy groups -OCH3 is 1. The summed E-state index contributed by atoms with van der Waals surface area (Å²) in [7, 11) is 1.57. The van der Waals surface area contributed by atoms with Crippen LogP contribution in [-0.4, -0.2) is 44.8 Å². The van der Waals surface area contributed by atoms with E-state index in [0.717, 1.165) is 11.3 Å². The molecule has 9 nitrogen and oxygen atoms in total. The Bertz CT molecular complexity index is 1270. The lowest BCUT2D eigenvalue weighted by molar-refractivity contribution is -0.113. The molecule has 0 saturated carbocycles. The van der Waals surface area contributed by atoms with Crippen LogP contribution in [0.1, 0.15) is 16.2 Å². The van der Waals surface area contributed by atoms with E-state index >= 15 is 0 Å². The Morgan fingerprint density at radius 3 is 2.62 bits per heavy atom. The van der Waals surface area contributed by atoms with E-state index in [1.165, 1.54) is 23.1 Å². The van der Waals surface area contributed by atoms with Crippen molar-refractivity contribution in [1.82, 2.24) is 25.5 Å². The maximum Gasteiger partial charge on any atom is 0.251 e. The van der Waals surface area contributed by atoms with Gasteiger partial charge in [0.25, 0.3) is 5.91 Å². The molecule has 174 valence electrons. The van der Waals surface area contributed by atoms with Gasteiger partial charge >= 0.3 is 0 Å². The highest BCUT2D eigenvalue weighted by atomic mass is 35.5. The number of aromatic amines is 1. The summed E-state index contributed by atoms with van der Waals surface area (Å²) in [6.45, 7) is 0.178. The lowest BCUT2D eigenvalue weighted by Gasteiger charge is -2.04. The smallest absolute Gasteiger partial charge is 0.251 e. The van der Waals surface area contributed by atoms with Gasteiger partial charge < -0.3 is 15.4 Å². The Morgan fingerprint density at radius 1 is 1.12 bits per heavy atom. The van der Waals surface area contributed by atoms with Gasteiger partial charge in [0.15, 0.2) is 5.13 Å². The van der Waals surface area contributed by atoms with Crippen LogP contribution in [0, 0.1) is 0 Å². The van der Waals surface area contributed by atoms with Crippen LogP contribution in [0.15, 0.2) is 59.1 Å². The second-order valence-corrected chi connectivity index (χ2v) is 9.09. The summed E-state index contributed by atoms with van der Waals surface area (Å²) in [5.74, 6) is 0.813. The zero-order chi connectivity index (χ0) is 23.9. The van der Waals surface area contributed by atoms with Crippen molar-refractivity contribution in [3.8, 4) is 17.0 Å². The number of ether oxygens (including phenoxy) is 1. The molecule has 0 unspecified atom stereocenters. The van der Waals surface area contributed by atoms with Gasteiger partial charge in [0.05, 0.1) is 25.1 Å². The lowest BCUT2D eigenvalue weighted by Crippen LogP contribution is -2.23. The first-order valence-electron chi connectivity index (χ1n) is 9.98. The van der Waals surface area contributed by atoms with Crippen molar-refractivity contribution in [2.24, 2.45) is 0 Å². The van der Waals surface area contributed by atoms with E-state index in [4.69, 9.17) is 16.3 Å². The molecule has 2 amide bonds. The monoisotopic (exact) mass is 514 g/mol. The van der Waals surface area contributed by atoms with Crippen molar-refractivity contribution in [3.05, 3.63) is 70.3 Å². The molecule has 2 heterocycles. The SMILES string of the molecule is COc1ccc(C(=O)NCc2nc(SCC(=O)Nc3nc(-c4ccc(Cl)cc4)cs3)n[nH]2)cc1. The van der Waals surface area contributed by atoms with Gasteiger partial charge in [-0.3, -0.25) is 14.7 Å². The van der Waals surface area contributed by atoms with Gasteiger partial charge in [-0.05, 0) is 36.4 Å². The largest absolute Gasteiger partial charge is 0.497 e. The van der Waals surface area contributed by atoms with Crippen LogP contribution in [0.2, 0.25) is 5.02 Å². The highest BCUT2D eigenvalue weighted by molar-refractivity contribution is 7.99. The van der Waals surface area contributed by atoms with Gasteiger partial charge in [-0.15, -0.1) is 16.4 Å². The minimum absolute atomic E-state index is 0.116. The van der Waals surface area contributed by atoms with E-state index < -0.39 is 0 Å². The summed E-state index contributed by atoms with van der Waals surface area (Å²) in [5, 5.41) is 15.8. The third-order valence-electron chi connectivity index (χ3n) is 4.50. The molecular weight excluding hydrogens is 496 g/mol. The predicted molar refractivity (Wildman–Crippen MR) is 132 cm³/mol. The molecule has 0 atom stereocenters. The van der Waals surface area contributed by atoms with Crippen LogP contribution in [0.4, 0.5) is 5.13 Å². The van der Waals surface area contributed by atoms with Crippen LogP contribution in [0.25, 0.3) is 11.3 Å². The molecule has 0 aliphatic carbocycles. The van der Waals surface area contributed by atoms with Crippen molar-refractivity contribution in [1.29, 1.82) is 0 Å². The average molecular weight is 515 g/mol. The second kappa shape index (κ2) is 11.1. The molecule has 3 N–H and O–H groups in total. The third-order valence-corrected chi connectivity index (χ3v) is 6.36. The standard InChI is InChI=1S/C22H19ClN6O3S2/c1-32-16-8-4-14(5-9-16)20(31)24-10-18-26-22(29-28-18)34-12-19(30)27-21-25-17(11-33-21)13-2-6-15(23)7-3-13/h2-9,11H,10,12H2,1H3,(H,24,31)(H,25,27,30)(H,26,28,29). The van der Waals surface area contributed by atoms with Crippen LogP contribution in [-0.2, 0) is 11.3 Å². The fraction of sp³-hybridized carbons (Fsp3) is 0.136. The van der Waals surface area contributed by atoms with E-state index in [0.29, 0.717) is 32.4 Å². The second-order valence-electron chi connectivity index (χ2n) is 6.86. The summed E-state index contributed by atoms with van der Waals surface area (Å²) in [6, 6.07) is 14.1. The van der Waals surface area contributed by atoms with E-state index in [1.54, 1.807) is 43.5 Å². The fourth-order valence-electron chi connectivity index (χ4n) is 2.80. The number of aromatic nitrogens is 4. The number of carbonyl (C=O) groups is 2. The molecule has 34 heavy (non-hydrogen) atoms. The van der Waals surface area contributed by atoms with E-state index in [1.807, 2.05) is 17.5 Å². The molecule has 0 aliphatic rings. The maximum atomic E-state index is 12.3. The minimum Gasteiger partial charge on any atom is -0.497 e. The third kappa shape index (κ3) is 6.34. The number of hydrogen-bond acceptors (Lipinski definition) is 8. The predicted octanol–water partition coefficient (Wildman–Crippen LogP) is 4.25. The molecule has 2 aromatic carbocycles. The van der Waals surface area contributed by atoms with Crippen molar-refractivity contribution >= 4 is 51.6 Å². The number of rotatable bonds is 9. The number of thiazole rings is 1. The van der Waals surface area contributed by atoms with Crippen molar-refractivity contribution in [3.63, 3.8) is 0 Å². The number of nitrogens with zero attached hydrogens (tertiary/aromatic N) is 3. The Balaban J connectivity index is 1.23. The zero-order valence-corrected chi connectivity index (χ0v) is 20.3. The number of anilines is 1. The molecular formula is C22H19ClN6O3S2. The highest BCUT2D eigenvalue weighted by Gasteiger charge is 2.12. The first kappa shape index (κ1) is 23.7. The number of thioether (sulfide) groups is 1. The lowest BCUT2D eigenvalue weighted by atomic mass is 10.2. The summed E-state index contributed by atoms with van der Waals surface area (Å²) in [5.41, 5.74) is 2.19. The van der Waals surface area contributed by atoms with Crippen LogP contribution >= 0.6 is 34.7 Å². The van der Waals surface area contributed by atoms with Crippen LogP contribution < -0.4 is 15.4 Å². The molecule has 2 aromatic heterocycles. The number of H-pyrrole nitrogens is 1. The fourth-order valence-corrected chi connectivity index (χ4v) is 4.28. The maximum absolute atomic E-state index is 12.3. The van der Waals surface area contributed by atoms with Crippen molar-refractivity contribution < 1.29 is 14.3 Å². The summed E-state index contributed by atoms with van der Waals surface area (Å²) < 4.78 is 5.08. The quantitative estimate of drug-likeness (QED) is 0.285. The van der Waals surface area contributed by atoms with E-state index in [-0.39, 0.29) is 24.1 Å². The molecule has 0 radical (unpaired) electrons. The summed E-state index contributed by atoms with van der Waals surface area (Å²) >= 11 is 8.43. The molecule has 0 bridgehead atoms. The molecule has 0 saturated heterocycles. The Morgan fingerprint density at radius 2 is 1.88 bits per heavy atom. The van der Waals surface area contributed by atoms with Gasteiger partial charge in [0, 0.05) is 21.5 Å². The molecule has 4 aromatic rings. The van der Waals surface area contributed by atoms with Gasteiger partial charge in [0.2, 0.25) is 11.1 Å². The molecule has 0 spiro atoms. The number of nitrogens with one attached hydrogen (secondary N) is 3. The Labute approximate surface area is 208 Å². The number of hydrogen-bond donors (Lipinski definition) is 3. The molecule has 0 aliphatic heterocycles. The molecule has 4 rings (SSSR count). The Hall–Kier alpha value is -3.41. The molecule has 0 fully saturated rings. The molecule has 12 heteroatoms. The van der Waals surface area contributed by atoms with Gasteiger partial charge in [-0.25, -0.2) is 9.97 Å².